The van der Waals surface area contributed by atoms with E-state index in [2.05, 4.69) is 34.7 Å². The Hall–Kier alpha value is -1.60. The van der Waals surface area contributed by atoms with Crippen molar-refractivity contribution in [1.29, 1.82) is 5.26 Å². The van der Waals surface area contributed by atoms with Gasteiger partial charge in [-0.15, -0.1) is 0 Å². The SMILES string of the molecule is CC(C)N1CCN(c2cncc(C#N)c2)CC1. The zero-order valence-corrected chi connectivity index (χ0v) is 10.4. The number of hydrogen-bond acceptors (Lipinski definition) is 4. The maximum absolute atomic E-state index is 8.86. The molecule has 1 aromatic rings. The molecule has 2 heterocycles. The summed E-state index contributed by atoms with van der Waals surface area (Å²) < 4.78 is 0. The molecule has 1 saturated heterocycles. The minimum Gasteiger partial charge on any atom is -0.368 e. The molecule has 0 atom stereocenters. The topological polar surface area (TPSA) is 43.2 Å². The number of anilines is 1. The van der Waals surface area contributed by atoms with Crippen LogP contribution in [0.5, 0.6) is 0 Å². The number of pyridine rings is 1. The molecule has 0 radical (unpaired) electrons. The van der Waals surface area contributed by atoms with E-state index in [1.807, 2.05) is 12.3 Å². The third kappa shape index (κ3) is 2.75. The summed E-state index contributed by atoms with van der Waals surface area (Å²) in [6.07, 6.45) is 3.44. The highest BCUT2D eigenvalue weighted by Gasteiger charge is 2.19. The molecule has 0 bridgehead atoms. The fraction of sp³-hybridized carbons (Fsp3) is 0.538. The van der Waals surface area contributed by atoms with Gasteiger partial charge < -0.3 is 4.90 Å². The summed E-state index contributed by atoms with van der Waals surface area (Å²) in [7, 11) is 0. The monoisotopic (exact) mass is 230 g/mol. The molecule has 1 aromatic heterocycles. The van der Waals surface area contributed by atoms with Crippen molar-refractivity contribution in [2.45, 2.75) is 19.9 Å². The van der Waals surface area contributed by atoms with E-state index >= 15 is 0 Å². The van der Waals surface area contributed by atoms with Crippen LogP contribution in [0.25, 0.3) is 0 Å². The molecule has 0 aromatic carbocycles. The van der Waals surface area contributed by atoms with Crippen LogP contribution in [0, 0.1) is 11.3 Å². The third-order valence-corrected chi connectivity index (χ3v) is 3.26. The second kappa shape index (κ2) is 5.15. The van der Waals surface area contributed by atoms with Crippen molar-refractivity contribution in [3.05, 3.63) is 24.0 Å². The Morgan fingerprint density at radius 3 is 2.53 bits per heavy atom. The van der Waals surface area contributed by atoms with Gasteiger partial charge in [0.2, 0.25) is 0 Å². The summed E-state index contributed by atoms with van der Waals surface area (Å²) in [6.45, 7) is 8.63. The number of nitrogens with zero attached hydrogens (tertiary/aromatic N) is 4. The first-order chi connectivity index (χ1) is 8.20. The molecule has 90 valence electrons. The first-order valence-electron chi connectivity index (χ1n) is 6.05. The van der Waals surface area contributed by atoms with E-state index in [0.29, 0.717) is 11.6 Å². The number of hydrogen-bond donors (Lipinski definition) is 0. The number of piperazine rings is 1. The minimum atomic E-state index is 0.612. The van der Waals surface area contributed by atoms with Crippen molar-refractivity contribution in [2.24, 2.45) is 0 Å². The van der Waals surface area contributed by atoms with E-state index in [1.54, 1.807) is 6.20 Å². The Balaban J connectivity index is 2.03. The van der Waals surface area contributed by atoms with Crippen molar-refractivity contribution in [2.75, 3.05) is 31.1 Å². The Bertz CT molecular complexity index is 414. The fourth-order valence-electron chi connectivity index (χ4n) is 2.16. The largest absolute Gasteiger partial charge is 0.368 e. The zero-order chi connectivity index (χ0) is 12.3. The van der Waals surface area contributed by atoms with Crippen LogP contribution in [0.1, 0.15) is 19.4 Å². The summed E-state index contributed by atoms with van der Waals surface area (Å²) >= 11 is 0. The summed E-state index contributed by atoms with van der Waals surface area (Å²) in [4.78, 5) is 8.88. The van der Waals surface area contributed by atoms with Crippen LogP contribution in [0.3, 0.4) is 0 Å². The van der Waals surface area contributed by atoms with Gasteiger partial charge in [-0.1, -0.05) is 0 Å². The highest BCUT2D eigenvalue weighted by atomic mass is 15.3. The van der Waals surface area contributed by atoms with Gasteiger partial charge in [0.25, 0.3) is 0 Å². The van der Waals surface area contributed by atoms with Gasteiger partial charge in [0, 0.05) is 38.4 Å². The van der Waals surface area contributed by atoms with Crippen LogP contribution in [0.4, 0.5) is 5.69 Å². The predicted molar refractivity (Wildman–Crippen MR) is 67.9 cm³/mol. The van der Waals surface area contributed by atoms with Crippen LogP contribution < -0.4 is 4.90 Å². The van der Waals surface area contributed by atoms with Gasteiger partial charge in [0.1, 0.15) is 6.07 Å². The van der Waals surface area contributed by atoms with Crippen molar-refractivity contribution >= 4 is 5.69 Å². The van der Waals surface area contributed by atoms with E-state index in [1.165, 1.54) is 0 Å². The standard InChI is InChI=1S/C13H18N4/c1-11(2)16-3-5-17(6-4-16)13-7-12(8-14)9-15-10-13/h7,9-11H,3-6H2,1-2H3. The Morgan fingerprint density at radius 1 is 1.24 bits per heavy atom. The van der Waals surface area contributed by atoms with E-state index in [9.17, 15) is 0 Å². The van der Waals surface area contributed by atoms with E-state index in [-0.39, 0.29) is 0 Å². The minimum absolute atomic E-state index is 0.612. The van der Waals surface area contributed by atoms with Crippen molar-refractivity contribution in [1.82, 2.24) is 9.88 Å². The van der Waals surface area contributed by atoms with E-state index < -0.39 is 0 Å². The molecule has 1 aliphatic rings. The van der Waals surface area contributed by atoms with Gasteiger partial charge in [0.15, 0.2) is 0 Å². The van der Waals surface area contributed by atoms with E-state index in [0.717, 1.165) is 31.9 Å². The molecular weight excluding hydrogens is 212 g/mol. The number of aromatic nitrogens is 1. The second-order valence-corrected chi connectivity index (χ2v) is 4.66. The average Bonchev–Trinajstić information content (AvgIpc) is 2.39. The van der Waals surface area contributed by atoms with Crippen LogP contribution in [-0.2, 0) is 0 Å². The summed E-state index contributed by atoms with van der Waals surface area (Å²) in [5, 5.41) is 8.86. The molecule has 0 saturated carbocycles. The summed E-state index contributed by atoms with van der Waals surface area (Å²) in [5.74, 6) is 0. The van der Waals surface area contributed by atoms with Crippen molar-refractivity contribution < 1.29 is 0 Å². The first-order valence-corrected chi connectivity index (χ1v) is 6.05. The predicted octanol–water partition coefficient (Wildman–Crippen LogP) is 1.48. The molecule has 1 aliphatic heterocycles. The van der Waals surface area contributed by atoms with Crippen LogP contribution in [0.2, 0.25) is 0 Å². The molecule has 2 rings (SSSR count). The van der Waals surface area contributed by atoms with Crippen LogP contribution >= 0.6 is 0 Å². The molecule has 0 aliphatic carbocycles. The van der Waals surface area contributed by atoms with Gasteiger partial charge in [-0.3, -0.25) is 9.88 Å². The molecule has 4 heteroatoms. The van der Waals surface area contributed by atoms with E-state index in [4.69, 9.17) is 5.26 Å². The number of rotatable bonds is 2. The molecular formula is C13H18N4. The highest BCUT2D eigenvalue weighted by molar-refractivity contribution is 5.49. The highest BCUT2D eigenvalue weighted by Crippen LogP contribution is 2.17. The van der Waals surface area contributed by atoms with Gasteiger partial charge >= 0.3 is 0 Å². The smallest absolute Gasteiger partial charge is 0.101 e. The maximum atomic E-state index is 8.86. The van der Waals surface area contributed by atoms with Crippen LogP contribution in [0.15, 0.2) is 18.5 Å². The zero-order valence-electron chi connectivity index (χ0n) is 10.4. The lowest BCUT2D eigenvalue weighted by Gasteiger charge is -2.37. The van der Waals surface area contributed by atoms with Crippen LogP contribution in [-0.4, -0.2) is 42.1 Å². The van der Waals surface area contributed by atoms with Gasteiger partial charge in [-0.05, 0) is 19.9 Å². The van der Waals surface area contributed by atoms with Gasteiger partial charge in [-0.2, -0.15) is 5.26 Å². The quantitative estimate of drug-likeness (QED) is 0.772. The normalized spacial score (nSPS) is 17.2. The average molecular weight is 230 g/mol. The lowest BCUT2D eigenvalue weighted by molar-refractivity contribution is 0.209. The Kier molecular flexibility index (Phi) is 3.60. The Morgan fingerprint density at radius 2 is 1.94 bits per heavy atom. The van der Waals surface area contributed by atoms with Gasteiger partial charge in [0.05, 0.1) is 17.4 Å². The molecule has 0 amide bonds. The molecule has 0 unspecified atom stereocenters. The Labute approximate surface area is 102 Å². The van der Waals surface area contributed by atoms with Crippen molar-refractivity contribution in [3.63, 3.8) is 0 Å². The number of nitriles is 1. The molecule has 0 spiro atoms. The molecule has 1 fully saturated rings. The third-order valence-electron chi connectivity index (χ3n) is 3.26. The molecule has 4 nitrogen and oxygen atoms in total. The lowest BCUT2D eigenvalue weighted by Crippen LogP contribution is -2.48. The van der Waals surface area contributed by atoms with Gasteiger partial charge in [-0.25, -0.2) is 0 Å². The fourth-order valence-corrected chi connectivity index (χ4v) is 2.16. The summed E-state index contributed by atoms with van der Waals surface area (Å²) in [5.41, 5.74) is 1.70. The first kappa shape index (κ1) is 11.9. The second-order valence-electron chi connectivity index (χ2n) is 4.66. The lowest BCUT2D eigenvalue weighted by atomic mass is 10.2. The van der Waals surface area contributed by atoms with Crippen molar-refractivity contribution in [3.8, 4) is 6.07 Å². The summed E-state index contributed by atoms with van der Waals surface area (Å²) in [6, 6.07) is 4.66. The molecule has 17 heavy (non-hydrogen) atoms. The maximum Gasteiger partial charge on any atom is 0.101 e. The molecule has 0 N–H and O–H groups in total.